The molecule has 1 rings (SSSR count). The summed E-state index contributed by atoms with van der Waals surface area (Å²) in [5.74, 6) is -1.06. The summed E-state index contributed by atoms with van der Waals surface area (Å²) in [6.45, 7) is 0. The quantitative estimate of drug-likeness (QED) is 0.448. The zero-order chi connectivity index (χ0) is 10.0. The Morgan fingerprint density at radius 2 is 2.15 bits per heavy atom. The smallest absolute Gasteiger partial charge is 0.272 e. The van der Waals surface area contributed by atoms with Gasteiger partial charge in [0, 0.05) is 6.07 Å². The van der Waals surface area contributed by atoms with Crippen LogP contribution in [0.1, 0.15) is 0 Å². The van der Waals surface area contributed by atoms with Crippen molar-refractivity contribution >= 4 is 16.8 Å². The van der Waals surface area contributed by atoms with Crippen molar-refractivity contribution in [2.75, 3.05) is 0 Å². The third-order valence-corrected chi connectivity index (χ3v) is 2.02. The summed E-state index contributed by atoms with van der Waals surface area (Å²) in [4.78, 5) is 8.88. The second-order valence-electron chi connectivity index (χ2n) is 2.12. The molecule has 1 unspecified atom stereocenters. The van der Waals surface area contributed by atoms with Gasteiger partial charge in [-0.2, -0.15) is 0 Å². The summed E-state index contributed by atoms with van der Waals surface area (Å²) in [5.41, 5.74) is -0.452. The van der Waals surface area contributed by atoms with E-state index in [-0.39, 0.29) is 0 Å². The summed E-state index contributed by atoms with van der Waals surface area (Å²) in [6.07, 6.45) is 0. The molecule has 1 aromatic rings. The van der Waals surface area contributed by atoms with E-state index in [1.807, 2.05) is 0 Å². The molecule has 70 valence electrons. The number of rotatable bonds is 2. The van der Waals surface area contributed by atoms with Crippen LogP contribution in [0.2, 0.25) is 0 Å². The Morgan fingerprint density at radius 3 is 2.54 bits per heavy atom. The first-order valence-electron chi connectivity index (χ1n) is 3.07. The van der Waals surface area contributed by atoms with Crippen molar-refractivity contribution in [1.29, 1.82) is 0 Å². The van der Waals surface area contributed by atoms with E-state index in [9.17, 15) is 18.7 Å². The number of nitrogens with zero attached hydrogens (tertiary/aromatic N) is 1. The molecule has 5 nitrogen and oxygen atoms in total. The first kappa shape index (κ1) is 9.75. The van der Waals surface area contributed by atoms with Crippen LogP contribution < -0.4 is 0 Å². The second-order valence-corrected chi connectivity index (χ2v) is 3.06. The van der Waals surface area contributed by atoms with Crippen molar-refractivity contribution in [3.63, 3.8) is 0 Å². The van der Waals surface area contributed by atoms with E-state index in [0.717, 1.165) is 12.1 Å². The van der Waals surface area contributed by atoms with Crippen LogP contribution in [0.3, 0.4) is 0 Å². The lowest BCUT2D eigenvalue weighted by Gasteiger charge is -1.96. The Hall–Kier alpha value is -1.34. The van der Waals surface area contributed by atoms with Crippen LogP contribution in [0, 0.1) is 15.9 Å². The maximum absolute atomic E-state index is 12.8. The third-order valence-electron chi connectivity index (χ3n) is 1.31. The van der Waals surface area contributed by atoms with Gasteiger partial charge in [0.15, 0.2) is 11.1 Å². The number of nitro groups is 1. The van der Waals surface area contributed by atoms with Gasteiger partial charge in [0.25, 0.3) is 5.69 Å². The molecule has 0 spiro atoms. The molecule has 1 atom stereocenters. The number of benzene rings is 1. The van der Waals surface area contributed by atoms with Gasteiger partial charge in [-0.1, -0.05) is 0 Å². The van der Waals surface area contributed by atoms with E-state index >= 15 is 0 Å². The fraction of sp³-hybridized carbons (Fsp3) is 0. The van der Waals surface area contributed by atoms with Gasteiger partial charge >= 0.3 is 0 Å². The predicted molar refractivity (Wildman–Crippen MR) is 42.1 cm³/mol. The van der Waals surface area contributed by atoms with Crippen LogP contribution in [0.25, 0.3) is 0 Å². The number of nitro benzene ring substituents is 1. The molecule has 1 N–H and O–H groups in total. The lowest BCUT2D eigenvalue weighted by Crippen LogP contribution is -1.95. The lowest BCUT2D eigenvalue weighted by atomic mass is 10.3. The van der Waals surface area contributed by atoms with Crippen LogP contribution in [0.4, 0.5) is 10.1 Å². The highest BCUT2D eigenvalue weighted by molar-refractivity contribution is 7.79. The molecule has 0 bridgehead atoms. The Balaban J connectivity index is 3.20. The Bertz CT molecular complexity index is 381. The molecule has 7 heteroatoms. The van der Waals surface area contributed by atoms with Gasteiger partial charge in [-0.25, -0.2) is 8.60 Å². The van der Waals surface area contributed by atoms with Gasteiger partial charge in [-0.3, -0.25) is 10.1 Å². The molecule has 0 saturated heterocycles. The van der Waals surface area contributed by atoms with Crippen molar-refractivity contribution in [2.45, 2.75) is 4.90 Å². The SMILES string of the molecule is O=[N+]([O-])c1ccc(S(=O)O)c(F)c1. The first-order chi connectivity index (χ1) is 6.02. The first-order valence-corrected chi connectivity index (χ1v) is 4.18. The number of non-ortho nitro benzene ring substituents is 1. The largest absolute Gasteiger partial charge is 0.302 e. The van der Waals surface area contributed by atoms with E-state index in [0.29, 0.717) is 6.07 Å². The minimum Gasteiger partial charge on any atom is -0.302 e. The van der Waals surface area contributed by atoms with Crippen molar-refractivity contribution < 1.29 is 18.1 Å². The molecule has 0 radical (unpaired) electrons. The normalized spacial score (nSPS) is 12.5. The van der Waals surface area contributed by atoms with E-state index < -0.39 is 32.4 Å². The molecule has 0 fully saturated rings. The number of hydrogen-bond donors (Lipinski definition) is 1. The Labute approximate surface area is 74.6 Å². The maximum Gasteiger partial charge on any atom is 0.272 e. The predicted octanol–water partition coefficient (Wildman–Crippen LogP) is 1.31. The number of halogens is 1. The molecule has 0 aromatic heterocycles. The summed E-state index contributed by atoms with van der Waals surface area (Å²) < 4.78 is 31.7. The van der Waals surface area contributed by atoms with Gasteiger partial charge in [-0.15, -0.1) is 0 Å². The summed E-state index contributed by atoms with van der Waals surface area (Å²) in [7, 11) is 0. The molecule has 0 saturated carbocycles. The fourth-order valence-corrected chi connectivity index (χ4v) is 1.16. The van der Waals surface area contributed by atoms with Crippen LogP contribution in [-0.2, 0) is 11.1 Å². The van der Waals surface area contributed by atoms with Gasteiger partial charge in [0.1, 0.15) is 10.7 Å². The van der Waals surface area contributed by atoms with Crippen LogP contribution in [-0.4, -0.2) is 13.7 Å². The number of hydrogen-bond acceptors (Lipinski definition) is 3. The highest BCUT2D eigenvalue weighted by Crippen LogP contribution is 2.18. The third kappa shape index (κ3) is 2.07. The maximum atomic E-state index is 12.8. The fourth-order valence-electron chi connectivity index (χ4n) is 0.745. The second kappa shape index (κ2) is 3.58. The molecular formula is C6H4FNO4S. The topological polar surface area (TPSA) is 80.4 Å². The Morgan fingerprint density at radius 1 is 1.54 bits per heavy atom. The van der Waals surface area contributed by atoms with Gasteiger partial charge in [0.05, 0.1) is 11.0 Å². The summed E-state index contributed by atoms with van der Waals surface area (Å²) >= 11 is -2.46. The average Bonchev–Trinajstić information content (AvgIpc) is 2.03. The highest BCUT2D eigenvalue weighted by atomic mass is 32.2. The summed E-state index contributed by atoms with van der Waals surface area (Å²) in [6, 6.07) is 2.47. The molecule has 0 aliphatic heterocycles. The molecule has 0 heterocycles. The molecule has 0 amide bonds. The monoisotopic (exact) mass is 205 g/mol. The summed E-state index contributed by atoms with van der Waals surface area (Å²) in [5, 5.41) is 10.1. The van der Waals surface area contributed by atoms with Crippen molar-refractivity contribution in [3.8, 4) is 0 Å². The average molecular weight is 205 g/mol. The van der Waals surface area contributed by atoms with E-state index in [1.54, 1.807) is 0 Å². The van der Waals surface area contributed by atoms with Crippen LogP contribution >= 0.6 is 0 Å². The van der Waals surface area contributed by atoms with Crippen LogP contribution in [0.15, 0.2) is 23.1 Å². The molecule has 0 aliphatic rings. The minimum atomic E-state index is -2.46. The Kier molecular flexibility index (Phi) is 2.69. The molecule has 13 heavy (non-hydrogen) atoms. The van der Waals surface area contributed by atoms with Crippen molar-refractivity contribution in [1.82, 2.24) is 0 Å². The highest BCUT2D eigenvalue weighted by Gasteiger charge is 2.13. The van der Waals surface area contributed by atoms with Crippen molar-refractivity contribution in [2.24, 2.45) is 0 Å². The molecule has 0 aliphatic carbocycles. The van der Waals surface area contributed by atoms with Crippen molar-refractivity contribution in [3.05, 3.63) is 34.1 Å². The standard InChI is InChI=1S/C6H4FNO4S/c7-5-3-4(8(9)10)1-2-6(5)13(11)12/h1-3H,(H,11,12). The van der Waals surface area contributed by atoms with Gasteiger partial charge in [-0.05, 0) is 6.07 Å². The minimum absolute atomic E-state index is 0.452. The molecular weight excluding hydrogens is 201 g/mol. The zero-order valence-electron chi connectivity index (χ0n) is 6.14. The van der Waals surface area contributed by atoms with Gasteiger partial charge in [0.2, 0.25) is 0 Å². The van der Waals surface area contributed by atoms with E-state index in [4.69, 9.17) is 4.55 Å². The molecule has 1 aromatic carbocycles. The lowest BCUT2D eigenvalue weighted by molar-refractivity contribution is -0.385. The van der Waals surface area contributed by atoms with Crippen LogP contribution in [0.5, 0.6) is 0 Å². The van der Waals surface area contributed by atoms with Gasteiger partial charge < -0.3 is 4.55 Å². The van der Waals surface area contributed by atoms with E-state index in [2.05, 4.69) is 0 Å². The zero-order valence-corrected chi connectivity index (χ0v) is 6.95. The van der Waals surface area contributed by atoms with E-state index in [1.165, 1.54) is 0 Å².